The van der Waals surface area contributed by atoms with Gasteiger partial charge in [-0.15, -0.1) is 0 Å². The average Bonchev–Trinajstić information content (AvgIpc) is 3.43. The number of furan rings is 1. The summed E-state index contributed by atoms with van der Waals surface area (Å²) in [5.41, 5.74) is 12.6. The minimum atomic E-state index is 0.194. The van der Waals surface area contributed by atoms with E-state index in [1.807, 2.05) is 48.5 Å². The van der Waals surface area contributed by atoms with Crippen LogP contribution in [0.3, 0.4) is 0 Å². The number of aryl methyl sites for hydroxylation is 6. The Hall–Kier alpha value is -3.40. The van der Waals surface area contributed by atoms with Crippen molar-refractivity contribution >= 4 is 43.0 Å². The summed E-state index contributed by atoms with van der Waals surface area (Å²) < 4.78 is 6.61. The first-order valence-electron chi connectivity index (χ1n) is 13.6. The topological polar surface area (TPSA) is 37.9 Å². The van der Waals surface area contributed by atoms with Crippen LogP contribution in [0.5, 0.6) is 0 Å². The van der Waals surface area contributed by atoms with E-state index >= 15 is 0 Å². The van der Waals surface area contributed by atoms with Crippen LogP contribution < -0.4 is 0 Å². The molecule has 3 nitrogen and oxygen atoms in total. The van der Waals surface area contributed by atoms with E-state index < -0.39 is 0 Å². The van der Waals surface area contributed by atoms with Gasteiger partial charge >= 0.3 is 33.3 Å². The van der Waals surface area contributed by atoms with E-state index in [1.165, 1.54) is 11.1 Å². The van der Waals surface area contributed by atoms with Gasteiger partial charge in [-0.2, -0.15) is 0 Å². The molecule has 0 atom stereocenters. The van der Waals surface area contributed by atoms with Crippen molar-refractivity contribution in [2.45, 2.75) is 41.5 Å². The zero-order valence-corrected chi connectivity index (χ0v) is 27.3. The summed E-state index contributed by atoms with van der Waals surface area (Å²) in [5, 5.41) is 0. The summed E-state index contributed by atoms with van der Waals surface area (Å²) in [7, 11) is 9.53. The standard InChI is InChI=1S/C36H34N2O.2ClH.Fe/c1-23-19-25(3)33(26(4)20-23)37-35(29-13-9-7-10-14-29)31-17-18-32(39-31)36(30-15-11-8-12-16-30)38-34-27(5)21-24(2)22-28(34)6;;;/h7-22H,1-6H3;2*1H;/q;;;+2/p-2. The van der Waals surface area contributed by atoms with Gasteiger partial charge in [-0.25, -0.2) is 9.98 Å². The predicted molar refractivity (Wildman–Crippen MR) is 175 cm³/mol. The molecule has 0 N–H and O–H groups in total. The molecule has 1 heterocycles. The van der Waals surface area contributed by atoms with Gasteiger partial charge in [0, 0.05) is 11.1 Å². The van der Waals surface area contributed by atoms with E-state index in [1.54, 1.807) is 0 Å². The Kier molecular flexibility index (Phi) is 11.0. The second-order valence-corrected chi connectivity index (χ2v) is 12.2. The maximum atomic E-state index is 6.61. The molecular formula is C36H34Cl2FeN2O. The Labute approximate surface area is 264 Å². The third kappa shape index (κ3) is 7.70. The molecule has 0 spiro atoms. The first kappa shape index (κ1) is 31.5. The van der Waals surface area contributed by atoms with Crippen molar-refractivity contribution < 1.29 is 17.6 Å². The normalized spacial score (nSPS) is 11.8. The van der Waals surface area contributed by atoms with Crippen molar-refractivity contribution in [3.63, 3.8) is 0 Å². The summed E-state index contributed by atoms with van der Waals surface area (Å²) in [6.07, 6.45) is 0. The summed E-state index contributed by atoms with van der Waals surface area (Å²) in [6, 6.07) is 33.2. The predicted octanol–water partition coefficient (Wildman–Crippen LogP) is 10.8. The van der Waals surface area contributed by atoms with Gasteiger partial charge in [0.25, 0.3) is 0 Å². The van der Waals surface area contributed by atoms with Crippen LogP contribution in [0, 0.1) is 41.5 Å². The molecule has 5 rings (SSSR count). The molecule has 42 heavy (non-hydrogen) atoms. The summed E-state index contributed by atoms with van der Waals surface area (Å²) >= 11 is 0.194. The number of hydrogen-bond acceptors (Lipinski definition) is 3. The third-order valence-corrected chi connectivity index (χ3v) is 6.89. The van der Waals surface area contributed by atoms with Crippen molar-refractivity contribution in [3.8, 4) is 0 Å². The quantitative estimate of drug-likeness (QED) is 0.135. The number of rotatable bonds is 6. The zero-order chi connectivity index (χ0) is 30.2. The van der Waals surface area contributed by atoms with Crippen LogP contribution in [0.15, 0.2) is 111 Å². The average molecular weight is 637 g/mol. The van der Waals surface area contributed by atoms with E-state index in [-0.39, 0.29) is 13.1 Å². The fourth-order valence-electron chi connectivity index (χ4n) is 5.23. The maximum absolute atomic E-state index is 6.61. The van der Waals surface area contributed by atoms with Gasteiger partial charge in [0.05, 0.1) is 11.4 Å². The molecule has 0 saturated carbocycles. The molecule has 0 radical (unpaired) electrons. The third-order valence-electron chi connectivity index (χ3n) is 6.89. The first-order chi connectivity index (χ1) is 20.2. The van der Waals surface area contributed by atoms with Crippen molar-refractivity contribution in [1.29, 1.82) is 0 Å². The molecule has 0 unspecified atom stereocenters. The molecule has 1 aromatic heterocycles. The number of nitrogens with zero attached hydrogens (tertiary/aromatic N) is 2. The summed E-state index contributed by atoms with van der Waals surface area (Å²) in [5.74, 6) is 1.41. The fourth-order valence-corrected chi connectivity index (χ4v) is 5.23. The second-order valence-electron chi connectivity index (χ2n) is 10.4. The van der Waals surface area contributed by atoms with Crippen molar-refractivity contribution in [2.75, 3.05) is 0 Å². The van der Waals surface area contributed by atoms with Crippen LogP contribution in [0.25, 0.3) is 0 Å². The van der Waals surface area contributed by atoms with Crippen LogP contribution >= 0.6 is 20.2 Å². The van der Waals surface area contributed by atoms with Crippen LogP contribution in [0.4, 0.5) is 11.4 Å². The van der Waals surface area contributed by atoms with Crippen LogP contribution in [-0.4, -0.2) is 11.4 Å². The Morgan fingerprint density at radius 1 is 0.524 bits per heavy atom. The molecule has 0 saturated heterocycles. The fraction of sp³-hybridized carbons (Fsp3) is 0.167. The molecule has 4 aromatic carbocycles. The van der Waals surface area contributed by atoms with E-state index in [0.717, 1.165) is 56.2 Å². The van der Waals surface area contributed by atoms with Gasteiger partial charge in [0.2, 0.25) is 0 Å². The van der Waals surface area contributed by atoms with Gasteiger partial charge in [-0.1, -0.05) is 96.1 Å². The Balaban J connectivity index is 0.00000129. The minimum absolute atomic E-state index is 0.194. The van der Waals surface area contributed by atoms with Crippen LogP contribution in [-0.2, 0) is 13.1 Å². The number of hydrogen-bond donors (Lipinski definition) is 0. The van der Waals surface area contributed by atoms with Crippen molar-refractivity contribution in [1.82, 2.24) is 0 Å². The van der Waals surface area contributed by atoms with Crippen LogP contribution in [0.1, 0.15) is 56.0 Å². The molecule has 0 fully saturated rings. The second kappa shape index (κ2) is 14.7. The van der Waals surface area contributed by atoms with E-state index in [2.05, 4.69) is 90.1 Å². The number of aliphatic imine (C=N–C) groups is 2. The molecule has 6 heteroatoms. The molecule has 0 aliphatic carbocycles. The van der Waals surface area contributed by atoms with Crippen molar-refractivity contribution in [2.24, 2.45) is 9.98 Å². The number of benzene rings is 4. The van der Waals surface area contributed by atoms with E-state index in [0.29, 0.717) is 11.5 Å². The Morgan fingerprint density at radius 2 is 0.833 bits per heavy atom. The molecule has 0 bridgehead atoms. The van der Waals surface area contributed by atoms with E-state index in [4.69, 9.17) is 34.6 Å². The molecule has 0 amide bonds. The number of halogens is 2. The Morgan fingerprint density at radius 3 is 1.14 bits per heavy atom. The van der Waals surface area contributed by atoms with Crippen molar-refractivity contribution in [3.05, 3.63) is 153 Å². The van der Waals surface area contributed by atoms with Crippen LogP contribution in [0.2, 0.25) is 0 Å². The van der Waals surface area contributed by atoms with E-state index in [9.17, 15) is 0 Å². The van der Waals surface area contributed by atoms with Gasteiger partial charge in [0.1, 0.15) is 11.4 Å². The molecule has 0 aliphatic heterocycles. The van der Waals surface area contributed by atoms with Gasteiger partial charge in [-0.3, -0.25) is 0 Å². The SMILES string of the molecule is Cc1cc(C)c(N=C(c2ccccc2)c2ccc(C(=Nc3c(C)cc(C)cc3C)c3ccccc3)o2)c(C)c1.[Cl][Fe][Cl]. The zero-order valence-electron chi connectivity index (χ0n) is 24.6. The molecule has 0 aliphatic rings. The molecule has 216 valence electrons. The first-order valence-corrected chi connectivity index (χ1v) is 16.6. The monoisotopic (exact) mass is 636 g/mol. The summed E-state index contributed by atoms with van der Waals surface area (Å²) in [6.45, 7) is 12.7. The van der Waals surface area contributed by atoms with Gasteiger partial charge in [-0.05, 0) is 75.9 Å². The van der Waals surface area contributed by atoms with Gasteiger partial charge < -0.3 is 4.42 Å². The Bertz CT molecular complexity index is 1550. The molecule has 5 aromatic rings. The van der Waals surface area contributed by atoms with Gasteiger partial charge in [0.15, 0.2) is 11.5 Å². The molecular weight excluding hydrogens is 603 g/mol. The summed E-state index contributed by atoms with van der Waals surface area (Å²) in [4.78, 5) is 10.4.